The van der Waals surface area contributed by atoms with Crippen LogP contribution in [0.1, 0.15) is 37.7 Å². The van der Waals surface area contributed by atoms with Crippen molar-refractivity contribution in [2.45, 2.75) is 44.2 Å². The maximum absolute atomic E-state index is 12.7. The van der Waals surface area contributed by atoms with Gasteiger partial charge in [0.15, 0.2) is 5.60 Å². The minimum atomic E-state index is -0.702. The Morgan fingerprint density at radius 3 is 2.77 bits per heavy atom. The van der Waals surface area contributed by atoms with Gasteiger partial charge in [0, 0.05) is 52.8 Å². The van der Waals surface area contributed by atoms with Gasteiger partial charge < -0.3 is 14.8 Å². The highest BCUT2D eigenvalue weighted by molar-refractivity contribution is 5.85. The van der Waals surface area contributed by atoms with Gasteiger partial charge in [-0.05, 0) is 30.9 Å². The third-order valence-corrected chi connectivity index (χ3v) is 5.76. The lowest BCUT2D eigenvalue weighted by molar-refractivity contribution is -0.155. The van der Waals surface area contributed by atoms with E-state index >= 15 is 0 Å². The van der Waals surface area contributed by atoms with Gasteiger partial charge in [-0.3, -0.25) is 9.69 Å². The summed E-state index contributed by atoms with van der Waals surface area (Å²) in [7, 11) is 1.64. The van der Waals surface area contributed by atoms with Crippen LogP contribution in [0.5, 0.6) is 0 Å². The summed E-state index contributed by atoms with van der Waals surface area (Å²) in [6.45, 7) is 5.09. The molecule has 0 radical (unpaired) electrons. The molecule has 2 saturated heterocycles. The molecule has 0 bridgehead atoms. The van der Waals surface area contributed by atoms with Gasteiger partial charge in [0.1, 0.15) is 0 Å². The summed E-state index contributed by atoms with van der Waals surface area (Å²) in [5.41, 5.74) is 0.657. The van der Waals surface area contributed by atoms with Gasteiger partial charge in [-0.1, -0.05) is 36.8 Å². The van der Waals surface area contributed by atoms with Crippen LogP contribution >= 0.6 is 0 Å². The van der Waals surface area contributed by atoms with Crippen molar-refractivity contribution in [3.63, 3.8) is 0 Å². The molecule has 1 atom stereocenters. The third kappa shape index (κ3) is 5.06. The van der Waals surface area contributed by atoms with E-state index in [1.807, 2.05) is 0 Å². The standard InChI is InChI=1S/C21H32N2O3/c1-25-21(10-13-26-14-11-21)20(24)22-15-19-9-5-6-12-23(17-19)16-18-7-3-2-4-8-18/h2-4,7-8,19H,5-6,9-17H2,1H3,(H,22,24). The number of methoxy groups -OCH3 is 1. The number of nitrogens with zero attached hydrogens (tertiary/aromatic N) is 1. The minimum absolute atomic E-state index is 0.0298. The van der Waals surface area contributed by atoms with Crippen LogP contribution in [-0.4, -0.2) is 56.4 Å². The molecular formula is C21H32N2O3. The molecule has 0 saturated carbocycles. The number of nitrogens with one attached hydrogen (secondary N) is 1. The number of carbonyl (C=O) groups excluding carboxylic acids is 1. The first-order valence-electron chi connectivity index (χ1n) is 9.89. The van der Waals surface area contributed by atoms with Crippen LogP contribution in [0.2, 0.25) is 0 Å². The zero-order valence-corrected chi connectivity index (χ0v) is 15.9. The number of amides is 1. The number of ether oxygens (including phenoxy) is 2. The first-order valence-corrected chi connectivity index (χ1v) is 9.89. The molecule has 1 aromatic rings. The quantitative estimate of drug-likeness (QED) is 0.847. The Labute approximate surface area is 157 Å². The van der Waals surface area contributed by atoms with Crippen LogP contribution in [0, 0.1) is 5.92 Å². The fraction of sp³-hybridized carbons (Fsp3) is 0.667. The first-order chi connectivity index (χ1) is 12.7. The predicted molar refractivity (Wildman–Crippen MR) is 102 cm³/mol. The summed E-state index contributed by atoms with van der Waals surface area (Å²) in [5.74, 6) is 0.529. The monoisotopic (exact) mass is 360 g/mol. The first kappa shape index (κ1) is 19.3. The lowest BCUT2D eigenvalue weighted by Gasteiger charge is -2.35. The van der Waals surface area contributed by atoms with Crippen LogP contribution in [0.3, 0.4) is 0 Å². The highest BCUT2D eigenvalue weighted by Crippen LogP contribution is 2.25. The highest BCUT2D eigenvalue weighted by atomic mass is 16.5. The van der Waals surface area contributed by atoms with Crippen LogP contribution in [-0.2, 0) is 20.8 Å². The normalized spacial score (nSPS) is 24.0. The molecule has 0 aliphatic carbocycles. The molecule has 5 heteroatoms. The highest BCUT2D eigenvalue weighted by Gasteiger charge is 2.40. The van der Waals surface area contributed by atoms with Crippen LogP contribution in [0.25, 0.3) is 0 Å². The lowest BCUT2D eigenvalue weighted by atomic mass is 9.92. The van der Waals surface area contributed by atoms with E-state index < -0.39 is 5.60 Å². The van der Waals surface area contributed by atoms with Crippen molar-refractivity contribution in [2.24, 2.45) is 5.92 Å². The topological polar surface area (TPSA) is 50.8 Å². The Kier molecular flexibility index (Phi) is 7.06. The summed E-state index contributed by atoms with van der Waals surface area (Å²) in [6, 6.07) is 10.6. The van der Waals surface area contributed by atoms with Gasteiger partial charge in [-0.2, -0.15) is 0 Å². The molecule has 3 rings (SSSR count). The number of hydrogen-bond acceptors (Lipinski definition) is 4. The Morgan fingerprint density at radius 2 is 2.04 bits per heavy atom. The molecule has 1 unspecified atom stereocenters. The van der Waals surface area contributed by atoms with Gasteiger partial charge in [0.05, 0.1) is 0 Å². The van der Waals surface area contributed by atoms with Crippen LogP contribution in [0.15, 0.2) is 30.3 Å². The Morgan fingerprint density at radius 1 is 1.27 bits per heavy atom. The van der Waals surface area contributed by atoms with E-state index in [1.165, 1.54) is 24.8 Å². The van der Waals surface area contributed by atoms with E-state index in [0.29, 0.717) is 32.0 Å². The fourth-order valence-corrected chi connectivity index (χ4v) is 4.09. The largest absolute Gasteiger partial charge is 0.381 e. The van der Waals surface area contributed by atoms with Crippen molar-refractivity contribution in [3.05, 3.63) is 35.9 Å². The van der Waals surface area contributed by atoms with E-state index in [1.54, 1.807) is 7.11 Å². The second kappa shape index (κ2) is 9.49. The molecule has 2 aliphatic rings. The molecule has 1 N–H and O–H groups in total. The lowest BCUT2D eigenvalue weighted by Crippen LogP contribution is -2.52. The van der Waals surface area contributed by atoms with Crippen LogP contribution < -0.4 is 5.32 Å². The number of benzene rings is 1. The number of hydrogen-bond donors (Lipinski definition) is 1. The van der Waals surface area contributed by atoms with Crippen molar-refractivity contribution < 1.29 is 14.3 Å². The van der Waals surface area contributed by atoms with Gasteiger partial charge in [0.25, 0.3) is 5.91 Å². The molecule has 2 fully saturated rings. The summed E-state index contributed by atoms with van der Waals surface area (Å²) in [4.78, 5) is 15.3. The van der Waals surface area contributed by atoms with Crippen LogP contribution in [0.4, 0.5) is 0 Å². The van der Waals surface area contributed by atoms with E-state index in [4.69, 9.17) is 9.47 Å². The van der Waals surface area contributed by atoms with Gasteiger partial charge >= 0.3 is 0 Å². The average Bonchev–Trinajstić information content (AvgIpc) is 2.92. The van der Waals surface area contributed by atoms with E-state index in [9.17, 15) is 4.79 Å². The van der Waals surface area contributed by atoms with Gasteiger partial charge in [0.2, 0.25) is 0 Å². The number of carbonyl (C=O) groups is 1. The molecule has 1 aromatic carbocycles. The molecule has 144 valence electrons. The maximum atomic E-state index is 12.7. The van der Waals surface area contributed by atoms with Crippen molar-refractivity contribution in [3.8, 4) is 0 Å². The SMILES string of the molecule is COC1(C(=O)NCC2CCCCN(Cc3ccccc3)C2)CCOCC1. The third-order valence-electron chi connectivity index (χ3n) is 5.76. The maximum Gasteiger partial charge on any atom is 0.252 e. The second-order valence-corrected chi connectivity index (χ2v) is 7.60. The molecule has 26 heavy (non-hydrogen) atoms. The number of likely N-dealkylation sites (tertiary alicyclic amines) is 1. The minimum Gasteiger partial charge on any atom is -0.381 e. The Bertz CT molecular complexity index is 558. The zero-order valence-electron chi connectivity index (χ0n) is 15.9. The summed E-state index contributed by atoms with van der Waals surface area (Å²) < 4.78 is 11.0. The van der Waals surface area contributed by atoms with Crippen molar-refractivity contribution in [2.75, 3.05) is 40.0 Å². The van der Waals surface area contributed by atoms with E-state index in [2.05, 4.69) is 40.5 Å². The molecule has 1 amide bonds. The van der Waals surface area contributed by atoms with Crippen molar-refractivity contribution in [1.82, 2.24) is 10.2 Å². The molecule has 2 aliphatic heterocycles. The molecule has 5 nitrogen and oxygen atoms in total. The molecule has 0 spiro atoms. The van der Waals surface area contributed by atoms with E-state index in [-0.39, 0.29) is 5.91 Å². The summed E-state index contributed by atoms with van der Waals surface area (Å²) in [6.07, 6.45) is 4.92. The summed E-state index contributed by atoms with van der Waals surface area (Å²) in [5, 5.41) is 3.18. The Hall–Kier alpha value is -1.43. The van der Waals surface area contributed by atoms with Gasteiger partial charge in [-0.25, -0.2) is 0 Å². The fourth-order valence-electron chi connectivity index (χ4n) is 4.09. The van der Waals surface area contributed by atoms with Crippen molar-refractivity contribution in [1.29, 1.82) is 0 Å². The van der Waals surface area contributed by atoms with Gasteiger partial charge in [-0.15, -0.1) is 0 Å². The number of rotatable bonds is 6. The molecule has 0 aromatic heterocycles. The molecular weight excluding hydrogens is 328 g/mol. The second-order valence-electron chi connectivity index (χ2n) is 7.60. The average molecular weight is 360 g/mol. The zero-order chi connectivity index (χ0) is 18.2. The molecule has 2 heterocycles. The summed E-state index contributed by atoms with van der Waals surface area (Å²) >= 11 is 0. The predicted octanol–water partition coefficient (Wildman–Crippen LogP) is 2.60. The van der Waals surface area contributed by atoms with E-state index in [0.717, 1.165) is 26.2 Å². The van der Waals surface area contributed by atoms with Crippen molar-refractivity contribution >= 4 is 5.91 Å². The smallest absolute Gasteiger partial charge is 0.252 e. The Balaban J connectivity index is 1.52.